The van der Waals surface area contributed by atoms with Crippen molar-refractivity contribution in [3.63, 3.8) is 0 Å². The molecule has 0 radical (unpaired) electrons. The summed E-state index contributed by atoms with van der Waals surface area (Å²) in [6.45, 7) is 1.40. The number of carbonyl (C=O) groups is 1. The highest BCUT2D eigenvalue weighted by Crippen LogP contribution is 2.09. The van der Waals surface area contributed by atoms with Crippen molar-refractivity contribution in [3.8, 4) is 0 Å². The molecule has 0 aliphatic rings. The van der Waals surface area contributed by atoms with Crippen LogP contribution in [-0.4, -0.2) is 25.5 Å². The van der Waals surface area contributed by atoms with E-state index in [0.29, 0.717) is 10.3 Å². The van der Waals surface area contributed by atoms with Crippen LogP contribution in [-0.2, 0) is 4.79 Å². The highest BCUT2D eigenvalue weighted by Gasteiger charge is 2.04. The van der Waals surface area contributed by atoms with E-state index in [9.17, 15) is 4.79 Å². The van der Waals surface area contributed by atoms with E-state index >= 15 is 0 Å². The molecule has 2 aromatic rings. The lowest BCUT2D eigenvalue weighted by atomic mass is 10.6. The highest BCUT2D eigenvalue weighted by molar-refractivity contribution is 9.10. The first-order valence-electron chi connectivity index (χ1n) is 3.80. The Balaban J connectivity index is 2.46. The molecule has 0 unspecified atom stereocenters. The van der Waals surface area contributed by atoms with Gasteiger partial charge in [0.15, 0.2) is 5.65 Å². The fourth-order valence-corrected chi connectivity index (χ4v) is 1.28. The van der Waals surface area contributed by atoms with Crippen molar-refractivity contribution in [1.29, 1.82) is 0 Å². The van der Waals surface area contributed by atoms with Gasteiger partial charge in [-0.05, 0) is 15.9 Å². The minimum absolute atomic E-state index is 0.201. The molecular formula is C7H6BrN5O. The second kappa shape index (κ2) is 3.33. The first-order valence-corrected chi connectivity index (χ1v) is 4.60. The predicted molar refractivity (Wildman–Crippen MR) is 52.8 cm³/mol. The van der Waals surface area contributed by atoms with Gasteiger partial charge in [0, 0.05) is 13.0 Å². The topological polar surface area (TPSA) is 72.2 Å². The van der Waals surface area contributed by atoms with Crippen LogP contribution in [0.5, 0.6) is 0 Å². The van der Waals surface area contributed by atoms with E-state index in [2.05, 4.69) is 36.3 Å². The number of halogens is 1. The van der Waals surface area contributed by atoms with E-state index in [0.717, 1.165) is 0 Å². The lowest BCUT2D eigenvalue weighted by Crippen LogP contribution is -2.07. The fraction of sp³-hybridized carbons (Fsp3) is 0.143. The van der Waals surface area contributed by atoms with E-state index in [1.165, 1.54) is 17.8 Å². The minimum Gasteiger partial charge on any atom is -0.293 e. The molecule has 0 aliphatic heterocycles. The number of amides is 1. The van der Waals surface area contributed by atoms with Gasteiger partial charge in [-0.3, -0.25) is 10.1 Å². The number of nitrogens with zero attached hydrogens (tertiary/aromatic N) is 4. The summed E-state index contributed by atoms with van der Waals surface area (Å²) in [5.41, 5.74) is 0.621. The number of rotatable bonds is 1. The Morgan fingerprint density at radius 2 is 2.43 bits per heavy atom. The second-order valence-electron chi connectivity index (χ2n) is 2.63. The van der Waals surface area contributed by atoms with Crippen LogP contribution < -0.4 is 5.32 Å². The third-order valence-electron chi connectivity index (χ3n) is 1.48. The second-order valence-corrected chi connectivity index (χ2v) is 3.44. The van der Waals surface area contributed by atoms with E-state index in [1.54, 1.807) is 6.07 Å². The van der Waals surface area contributed by atoms with Gasteiger partial charge in [0.1, 0.15) is 10.9 Å². The molecule has 14 heavy (non-hydrogen) atoms. The molecule has 0 fully saturated rings. The molecule has 2 rings (SSSR count). The molecule has 2 heterocycles. The van der Waals surface area contributed by atoms with Crippen LogP contribution in [0.1, 0.15) is 6.92 Å². The third-order valence-corrected chi connectivity index (χ3v) is 1.92. The molecule has 1 N–H and O–H groups in total. The normalized spacial score (nSPS) is 10.4. The molecule has 0 aromatic carbocycles. The van der Waals surface area contributed by atoms with Crippen LogP contribution in [0, 0.1) is 0 Å². The Kier molecular flexibility index (Phi) is 2.16. The number of nitrogens with one attached hydrogen (secondary N) is 1. The van der Waals surface area contributed by atoms with Crippen LogP contribution in [0.4, 0.5) is 5.95 Å². The molecule has 2 aromatic heterocycles. The zero-order chi connectivity index (χ0) is 10.1. The van der Waals surface area contributed by atoms with Crippen molar-refractivity contribution in [3.05, 3.63) is 17.0 Å². The molecule has 72 valence electrons. The summed E-state index contributed by atoms with van der Waals surface area (Å²) in [6, 6.07) is 1.71. The van der Waals surface area contributed by atoms with Crippen molar-refractivity contribution in [2.75, 3.05) is 5.32 Å². The maximum absolute atomic E-state index is 10.7. The molecular weight excluding hydrogens is 250 g/mol. The molecule has 0 saturated heterocycles. The lowest BCUT2D eigenvalue weighted by molar-refractivity contribution is -0.114. The lowest BCUT2D eigenvalue weighted by Gasteiger charge is -1.90. The molecule has 0 atom stereocenters. The van der Waals surface area contributed by atoms with Gasteiger partial charge >= 0.3 is 0 Å². The number of carbonyl (C=O) groups excluding carboxylic acids is 1. The summed E-state index contributed by atoms with van der Waals surface area (Å²) < 4.78 is 2.16. The van der Waals surface area contributed by atoms with Gasteiger partial charge in [0.25, 0.3) is 0 Å². The average Bonchev–Trinajstić information content (AvgIpc) is 2.44. The number of hydrogen-bond donors (Lipinski definition) is 1. The largest absolute Gasteiger partial charge is 0.293 e. The Morgan fingerprint density at radius 1 is 1.64 bits per heavy atom. The van der Waals surface area contributed by atoms with Gasteiger partial charge in [-0.1, -0.05) is 0 Å². The Bertz CT molecular complexity index is 494. The van der Waals surface area contributed by atoms with Gasteiger partial charge in [-0.15, -0.1) is 5.10 Å². The number of fused-ring (bicyclic) bond motifs is 1. The maximum Gasteiger partial charge on any atom is 0.249 e. The molecule has 6 nitrogen and oxygen atoms in total. The van der Waals surface area contributed by atoms with Crippen LogP contribution >= 0.6 is 15.9 Å². The molecule has 0 spiro atoms. The van der Waals surface area contributed by atoms with Crippen molar-refractivity contribution in [1.82, 2.24) is 19.6 Å². The average molecular weight is 256 g/mol. The van der Waals surface area contributed by atoms with Crippen LogP contribution in [0.2, 0.25) is 0 Å². The van der Waals surface area contributed by atoms with E-state index in [1.807, 2.05) is 0 Å². The van der Waals surface area contributed by atoms with Crippen molar-refractivity contribution < 1.29 is 4.79 Å². The van der Waals surface area contributed by atoms with E-state index < -0.39 is 0 Å². The van der Waals surface area contributed by atoms with Crippen molar-refractivity contribution in [2.45, 2.75) is 6.92 Å². The standard InChI is InChI=1S/C7H6BrN5O/c1-4(14)10-7-11-6-2-5(8)9-3-13(6)12-7/h2-3H,1H3,(H,10,12,14). The zero-order valence-corrected chi connectivity index (χ0v) is 8.82. The summed E-state index contributed by atoms with van der Waals surface area (Å²) in [5.74, 6) is 0.0744. The zero-order valence-electron chi connectivity index (χ0n) is 7.23. The molecule has 0 bridgehead atoms. The minimum atomic E-state index is -0.201. The summed E-state index contributed by atoms with van der Waals surface area (Å²) >= 11 is 3.21. The number of hydrogen-bond acceptors (Lipinski definition) is 4. The summed E-state index contributed by atoms with van der Waals surface area (Å²) in [6.07, 6.45) is 1.51. The Hall–Kier alpha value is -1.50. The monoisotopic (exact) mass is 255 g/mol. The quantitative estimate of drug-likeness (QED) is 0.767. The smallest absolute Gasteiger partial charge is 0.249 e. The highest BCUT2D eigenvalue weighted by atomic mass is 79.9. The first-order chi connectivity index (χ1) is 6.65. The van der Waals surface area contributed by atoms with Gasteiger partial charge in [0.05, 0.1) is 0 Å². The Morgan fingerprint density at radius 3 is 3.14 bits per heavy atom. The van der Waals surface area contributed by atoms with E-state index in [-0.39, 0.29) is 11.9 Å². The van der Waals surface area contributed by atoms with Crippen LogP contribution in [0.3, 0.4) is 0 Å². The first kappa shape index (κ1) is 9.07. The molecule has 0 aliphatic carbocycles. The van der Waals surface area contributed by atoms with Crippen molar-refractivity contribution in [2.24, 2.45) is 0 Å². The summed E-state index contributed by atoms with van der Waals surface area (Å²) in [7, 11) is 0. The van der Waals surface area contributed by atoms with Gasteiger partial charge in [0.2, 0.25) is 11.9 Å². The van der Waals surface area contributed by atoms with Gasteiger partial charge < -0.3 is 0 Å². The summed E-state index contributed by atoms with van der Waals surface area (Å²) in [4.78, 5) is 18.8. The fourth-order valence-electron chi connectivity index (χ4n) is 0.983. The SMILES string of the molecule is CC(=O)Nc1nc2cc(Br)ncn2n1. The maximum atomic E-state index is 10.7. The van der Waals surface area contributed by atoms with Crippen LogP contribution in [0.25, 0.3) is 5.65 Å². The molecule has 7 heteroatoms. The number of anilines is 1. The van der Waals surface area contributed by atoms with Crippen molar-refractivity contribution >= 4 is 33.4 Å². The predicted octanol–water partition coefficient (Wildman–Crippen LogP) is 0.845. The van der Waals surface area contributed by atoms with Gasteiger partial charge in [-0.2, -0.15) is 4.98 Å². The molecule has 1 amide bonds. The molecule has 0 saturated carbocycles. The Labute approximate surface area is 87.5 Å². The van der Waals surface area contributed by atoms with Gasteiger partial charge in [-0.25, -0.2) is 9.50 Å². The summed E-state index contributed by atoms with van der Waals surface area (Å²) in [5, 5.41) is 6.47. The van der Waals surface area contributed by atoms with E-state index in [4.69, 9.17) is 0 Å². The van der Waals surface area contributed by atoms with Crippen LogP contribution in [0.15, 0.2) is 17.0 Å². The third kappa shape index (κ3) is 1.72. The number of aromatic nitrogens is 4.